The molecule has 2 N–H and O–H groups in total. The molecule has 0 heterocycles. The molecule has 0 bridgehead atoms. The van der Waals surface area contributed by atoms with Crippen LogP contribution in [0.5, 0.6) is 0 Å². The van der Waals surface area contributed by atoms with Gasteiger partial charge in [-0.3, -0.25) is 4.79 Å². The van der Waals surface area contributed by atoms with Gasteiger partial charge in [0.25, 0.3) is 0 Å². The monoisotopic (exact) mass is 187 g/mol. The van der Waals surface area contributed by atoms with Crippen molar-refractivity contribution in [3.05, 3.63) is 0 Å². The molecule has 0 aliphatic rings. The van der Waals surface area contributed by atoms with Crippen molar-refractivity contribution >= 4 is 11.8 Å². The van der Waals surface area contributed by atoms with E-state index in [2.05, 4.69) is 4.74 Å². The smallest absolute Gasteiger partial charge is 0.330 e. The lowest BCUT2D eigenvalue weighted by Crippen LogP contribution is -2.45. The minimum atomic E-state index is -1.15. The lowest BCUT2D eigenvalue weighted by molar-refractivity contribution is -0.149. The Labute approximate surface area is 78.4 Å². The zero-order valence-corrected chi connectivity index (χ0v) is 8.59. The van der Waals surface area contributed by atoms with Crippen molar-refractivity contribution in [1.82, 2.24) is 0 Å². The molecular formula is C9H17NO3. The molecule has 13 heavy (non-hydrogen) atoms. The van der Waals surface area contributed by atoms with Crippen LogP contribution < -0.4 is 5.73 Å². The molecule has 0 spiro atoms. The Bertz CT molecular complexity index is 205. The molecule has 0 aliphatic carbocycles. The number of hydrogen-bond acceptors (Lipinski definition) is 4. The summed E-state index contributed by atoms with van der Waals surface area (Å²) in [5, 5.41) is 0. The number of ether oxygens (including phenoxy) is 1. The van der Waals surface area contributed by atoms with E-state index in [1.54, 1.807) is 27.7 Å². The standard InChI is InChI=1S/C9H17NO3/c1-5-13-8(12)6(10)7(11)9(2,3)4/h6H,5,10H2,1-4H3. The van der Waals surface area contributed by atoms with Crippen LogP contribution in [-0.2, 0) is 14.3 Å². The summed E-state index contributed by atoms with van der Waals surface area (Å²) in [6.45, 7) is 7.06. The SMILES string of the molecule is CCOC(=O)C(N)C(=O)C(C)(C)C. The van der Waals surface area contributed by atoms with Gasteiger partial charge in [-0.2, -0.15) is 0 Å². The van der Waals surface area contributed by atoms with Gasteiger partial charge in [0.2, 0.25) is 0 Å². The molecule has 0 aromatic heterocycles. The Morgan fingerprint density at radius 2 is 1.85 bits per heavy atom. The van der Waals surface area contributed by atoms with Crippen molar-refractivity contribution in [2.24, 2.45) is 11.1 Å². The summed E-state index contributed by atoms with van der Waals surface area (Å²) < 4.78 is 4.64. The zero-order valence-electron chi connectivity index (χ0n) is 8.59. The highest BCUT2D eigenvalue weighted by molar-refractivity contribution is 6.05. The summed E-state index contributed by atoms with van der Waals surface area (Å²) >= 11 is 0. The third-order valence-corrected chi connectivity index (χ3v) is 1.56. The maximum absolute atomic E-state index is 11.5. The second-order valence-corrected chi connectivity index (χ2v) is 3.84. The summed E-state index contributed by atoms with van der Waals surface area (Å²) in [5.74, 6) is -0.951. The first-order valence-corrected chi connectivity index (χ1v) is 4.27. The van der Waals surface area contributed by atoms with Gasteiger partial charge in [-0.1, -0.05) is 20.8 Å². The Balaban J connectivity index is 4.35. The molecule has 0 saturated carbocycles. The molecule has 0 fully saturated rings. The zero-order chi connectivity index (χ0) is 10.6. The van der Waals surface area contributed by atoms with Crippen LogP contribution in [0.25, 0.3) is 0 Å². The van der Waals surface area contributed by atoms with E-state index in [9.17, 15) is 9.59 Å². The molecule has 0 rings (SSSR count). The fourth-order valence-corrected chi connectivity index (χ4v) is 0.806. The lowest BCUT2D eigenvalue weighted by atomic mass is 9.87. The highest BCUT2D eigenvalue weighted by Gasteiger charge is 2.32. The van der Waals surface area contributed by atoms with Gasteiger partial charge >= 0.3 is 5.97 Å². The average molecular weight is 187 g/mol. The normalized spacial score (nSPS) is 13.6. The third-order valence-electron chi connectivity index (χ3n) is 1.56. The minimum Gasteiger partial charge on any atom is -0.464 e. The fraction of sp³-hybridized carbons (Fsp3) is 0.778. The summed E-state index contributed by atoms with van der Waals surface area (Å²) in [7, 11) is 0. The number of carbonyl (C=O) groups excluding carboxylic acids is 2. The van der Waals surface area contributed by atoms with Gasteiger partial charge < -0.3 is 10.5 Å². The van der Waals surface area contributed by atoms with E-state index in [4.69, 9.17) is 5.73 Å². The molecule has 0 aromatic rings. The van der Waals surface area contributed by atoms with E-state index in [1.807, 2.05) is 0 Å². The van der Waals surface area contributed by atoms with Gasteiger partial charge in [0.1, 0.15) is 0 Å². The van der Waals surface area contributed by atoms with Crippen LogP contribution in [-0.4, -0.2) is 24.4 Å². The van der Waals surface area contributed by atoms with Gasteiger partial charge in [0.15, 0.2) is 11.8 Å². The molecule has 1 unspecified atom stereocenters. The van der Waals surface area contributed by atoms with Crippen molar-refractivity contribution in [3.8, 4) is 0 Å². The maximum Gasteiger partial charge on any atom is 0.330 e. The van der Waals surface area contributed by atoms with Gasteiger partial charge in [-0.05, 0) is 6.92 Å². The van der Waals surface area contributed by atoms with Crippen molar-refractivity contribution in [3.63, 3.8) is 0 Å². The number of esters is 1. The number of rotatable bonds is 3. The Morgan fingerprint density at radius 3 is 2.15 bits per heavy atom. The lowest BCUT2D eigenvalue weighted by Gasteiger charge is -2.20. The van der Waals surface area contributed by atoms with Crippen molar-refractivity contribution in [1.29, 1.82) is 0 Å². The summed E-state index contributed by atoms with van der Waals surface area (Å²) in [5.41, 5.74) is 4.80. The van der Waals surface area contributed by atoms with E-state index in [1.165, 1.54) is 0 Å². The van der Waals surface area contributed by atoms with E-state index in [0.717, 1.165) is 0 Å². The van der Waals surface area contributed by atoms with Crippen LogP contribution >= 0.6 is 0 Å². The van der Waals surface area contributed by atoms with Gasteiger partial charge in [-0.25, -0.2) is 4.79 Å². The Kier molecular flexibility index (Phi) is 4.07. The van der Waals surface area contributed by atoms with Gasteiger partial charge in [0, 0.05) is 5.41 Å². The molecular weight excluding hydrogens is 170 g/mol. The van der Waals surface area contributed by atoms with Crippen LogP contribution in [0.4, 0.5) is 0 Å². The molecule has 0 saturated heterocycles. The van der Waals surface area contributed by atoms with Crippen LogP contribution in [0.1, 0.15) is 27.7 Å². The molecule has 0 aliphatic heterocycles. The maximum atomic E-state index is 11.5. The van der Waals surface area contributed by atoms with Crippen LogP contribution in [0.2, 0.25) is 0 Å². The summed E-state index contributed by atoms with van der Waals surface area (Å²) in [6, 6.07) is -1.15. The molecule has 0 aromatic carbocycles. The van der Waals surface area contributed by atoms with E-state index in [0.29, 0.717) is 0 Å². The number of ketones is 1. The minimum absolute atomic E-state index is 0.240. The summed E-state index contributed by atoms with van der Waals surface area (Å²) in [4.78, 5) is 22.5. The second-order valence-electron chi connectivity index (χ2n) is 3.84. The molecule has 4 nitrogen and oxygen atoms in total. The first-order chi connectivity index (χ1) is 5.80. The molecule has 76 valence electrons. The van der Waals surface area contributed by atoms with Crippen molar-refractivity contribution in [2.45, 2.75) is 33.7 Å². The topological polar surface area (TPSA) is 69.4 Å². The fourth-order valence-electron chi connectivity index (χ4n) is 0.806. The first kappa shape index (κ1) is 12.1. The first-order valence-electron chi connectivity index (χ1n) is 4.27. The highest BCUT2D eigenvalue weighted by atomic mass is 16.5. The van der Waals surface area contributed by atoms with E-state index in [-0.39, 0.29) is 12.4 Å². The number of nitrogens with two attached hydrogens (primary N) is 1. The number of hydrogen-bond donors (Lipinski definition) is 1. The van der Waals surface area contributed by atoms with Crippen LogP contribution in [0, 0.1) is 5.41 Å². The Hall–Kier alpha value is -0.900. The van der Waals surface area contributed by atoms with Crippen molar-refractivity contribution in [2.75, 3.05) is 6.61 Å². The van der Waals surface area contributed by atoms with Crippen LogP contribution in [0.3, 0.4) is 0 Å². The quantitative estimate of drug-likeness (QED) is 0.515. The van der Waals surface area contributed by atoms with Gasteiger partial charge in [0.05, 0.1) is 6.61 Å². The van der Waals surface area contributed by atoms with Crippen LogP contribution in [0.15, 0.2) is 0 Å². The Morgan fingerprint density at radius 1 is 1.38 bits per heavy atom. The largest absolute Gasteiger partial charge is 0.464 e. The van der Waals surface area contributed by atoms with Crippen molar-refractivity contribution < 1.29 is 14.3 Å². The predicted octanol–water partition coefficient (Wildman–Crippen LogP) is 0.492. The summed E-state index contributed by atoms with van der Waals surface area (Å²) in [6.07, 6.45) is 0. The van der Waals surface area contributed by atoms with E-state index >= 15 is 0 Å². The molecule has 0 radical (unpaired) electrons. The molecule has 4 heteroatoms. The number of Topliss-reactive ketones (excluding diaryl/α,β-unsaturated/α-hetero) is 1. The predicted molar refractivity (Wildman–Crippen MR) is 49.1 cm³/mol. The highest BCUT2D eigenvalue weighted by Crippen LogP contribution is 2.16. The average Bonchev–Trinajstić information content (AvgIpc) is 2.00. The van der Waals surface area contributed by atoms with Gasteiger partial charge in [-0.15, -0.1) is 0 Å². The third kappa shape index (κ3) is 3.55. The molecule has 0 amide bonds. The second kappa shape index (κ2) is 4.37. The molecule has 1 atom stereocenters. The number of carbonyl (C=O) groups is 2. The van der Waals surface area contributed by atoms with E-state index < -0.39 is 17.4 Å².